The SMILES string of the molecule is CC1COC2(CCN(C(=O)Cc3ccncc3)CC2)C1. The van der Waals surface area contributed by atoms with Crippen LogP contribution in [-0.2, 0) is 16.0 Å². The molecule has 3 heterocycles. The summed E-state index contributed by atoms with van der Waals surface area (Å²) in [5, 5.41) is 0. The molecule has 1 unspecified atom stereocenters. The van der Waals surface area contributed by atoms with Gasteiger partial charge in [0.1, 0.15) is 0 Å². The molecular formula is C16H22N2O2. The van der Waals surface area contributed by atoms with Crippen LogP contribution in [0, 0.1) is 5.92 Å². The van der Waals surface area contributed by atoms with E-state index < -0.39 is 0 Å². The molecule has 2 aliphatic rings. The van der Waals surface area contributed by atoms with E-state index in [9.17, 15) is 4.79 Å². The van der Waals surface area contributed by atoms with Crippen LogP contribution >= 0.6 is 0 Å². The lowest BCUT2D eigenvalue weighted by Crippen LogP contribution is -2.46. The van der Waals surface area contributed by atoms with Crippen LogP contribution in [0.15, 0.2) is 24.5 Å². The molecule has 3 rings (SSSR count). The summed E-state index contributed by atoms with van der Waals surface area (Å²) in [7, 11) is 0. The Kier molecular flexibility index (Phi) is 3.74. The van der Waals surface area contributed by atoms with Gasteiger partial charge in [0, 0.05) is 32.1 Å². The average molecular weight is 274 g/mol. The number of piperidine rings is 1. The Morgan fingerprint density at radius 1 is 1.40 bits per heavy atom. The van der Waals surface area contributed by atoms with E-state index in [1.165, 1.54) is 0 Å². The quantitative estimate of drug-likeness (QED) is 0.829. The molecule has 1 amide bonds. The number of rotatable bonds is 2. The van der Waals surface area contributed by atoms with Crippen molar-refractivity contribution < 1.29 is 9.53 Å². The van der Waals surface area contributed by atoms with Crippen molar-refractivity contribution in [1.29, 1.82) is 0 Å². The van der Waals surface area contributed by atoms with Crippen LogP contribution in [0.1, 0.15) is 31.7 Å². The minimum absolute atomic E-state index is 0.0624. The maximum atomic E-state index is 12.3. The van der Waals surface area contributed by atoms with Crippen LogP contribution in [0.4, 0.5) is 0 Å². The second-order valence-electron chi connectivity index (χ2n) is 6.22. The molecule has 1 atom stereocenters. The van der Waals surface area contributed by atoms with Crippen molar-refractivity contribution in [2.24, 2.45) is 5.92 Å². The van der Waals surface area contributed by atoms with E-state index in [2.05, 4.69) is 11.9 Å². The first-order valence-electron chi connectivity index (χ1n) is 7.48. The molecule has 108 valence electrons. The Morgan fingerprint density at radius 3 is 2.70 bits per heavy atom. The molecule has 4 nitrogen and oxygen atoms in total. The predicted molar refractivity (Wildman–Crippen MR) is 76.2 cm³/mol. The van der Waals surface area contributed by atoms with Gasteiger partial charge in [-0.05, 0) is 42.9 Å². The number of hydrogen-bond donors (Lipinski definition) is 0. The zero-order valence-electron chi connectivity index (χ0n) is 12.0. The van der Waals surface area contributed by atoms with E-state index in [-0.39, 0.29) is 11.5 Å². The van der Waals surface area contributed by atoms with E-state index in [0.717, 1.165) is 44.5 Å². The maximum absolute atomic E-state index is 12.3. The fourth-order valence-corrected chi connectivity index (χ4v) is 3.37. The summed E-state index contributed by atoms with van der Waals surface area (Å²) in [5.41, 5.74) is 1.10. The highest BCUT2D eigenvalue weighted by molar-refractivity contribution is 5.78. The number of ether oxygens (including phenoxy) is 1. The summed E-state index contributed by atoms with van der Waals surface area (Å²) < 4.78 is 5.99. The van der Waals surface area contributed by atoms with Crippen LogP contribution in [0.5, 0.6) is 0 Å². The molecular weight excluding hydrogens is 252 g/mol. The fraction of sp³-hybridized carbons (Fsp3) is 0.625. The highest BCUT2D eigenvalue weighted by Gasteiger charge is 2.41. The summed E-state index contributed by atoms with van der Waals surface area (Å²) >= 11 is 0. The third-order valence-corrected chi connectivity index (χ3v) is 4.53. The number of carbonyl (C=O) groups is 1. The molecule has 0 bridgehead atoms. The molecule has 0 aliphatic carbocycles. The van der Waals surface area contributed by atoms with Gasteiger partial charge in [-0.1, -0.05) is 6.92 Å². The summed E-state index contributed by atoms with van der Waals surface area (Å²) in [5.74, 6) is 0.881. The van der Waals surface area contributed by atoms with Crippen LogP contribution in [0.2, 0.25) is 0 Å². The van der Waals surface area contributed by atoms with E-state index in [0.29, 0.717) is 12.3 Å². The minimum Gasteiger partial charge on any atom is -0.375 e. The standard InChI is InChI=1S/C16H22N2O2/c1-13-11-16(20-12-13)4-8-18(9-5-16)15(19)10-14-2-6-17-7-3-14/h2-3,6-7,13H,4-5,8-12H2,1H3. The molecule has 0 aromatic carbocycles. The van der Waals surface area contributed by atoms with E-state index >= 15 is 0 Å². The number of amides is 1. The molecule has 1 aromatic rings. The molecule has 2 aliphatic heterocycles. The first kappa shape index (κ1) is 13.6. The monoisotopic (exact) mass is 274 g/mol. The molecule has 1 spiro atoms. The molecule has 0 saturated carbocycles. The Balaban J connectivity index is 1.54. The molecule has 0 radical (unpaired) electrons. The van der Waals surface area contributed by atoms with Gasteiger partial charge in [-0.25, -0.2) is 0 Å². The van der Waals surface area contributed by atoms with Gasteiger partial charge in [0.25, 0.3) is 0 Å². The number of nitrogens with zero attached hydrogens (tertiary/aromatic N) is 2. The number of carbonyl (C=O) groups excluding carboxylic acids is 1. The highest BCUT2D eigenvalue weighted by atomic mass is 16.5. The summed E-state index contributed by atoms with van der Waals surface area (Å²) in [4.78, 5) is 18.3. The molecule has 4 heteroatoms. The largest absolute Gasteiger partial charge is 0.375 e. The lowest BCUT2D eigenvalue weighted by Gasteiger charge is -2.38. The summed E-state index contributed by atoms with van der Waals surface area (Å²) in [6.45, 7) is 4.79. The van der Waals surface area contributed by atoms with E-state index in [1.807, 2.05) is 17.0 Å². The van der Waals surface area contributed by atoms with Crippen LogP contribution in [0.3, 0.4) is 0 Å². The lowest BCUT2D eigenvalue weighted by molar-refractivity contribution is -0.135. The van der Waals surface area contributed by atoms with Crippen molar-refractivity contribution in [3.8, 4) is 0 Å². The van der Waals surface area contributed by atoms with Gasteiger partial charge < -0.3 is 9.64 Å². The lowest BCUT2D eigenvalue weighted by atomic mass is 9.86. The highest BCUT2D eigenvalue weighted by Crippen LogP contribution is 2.38. The topological polar surface area (TPSA) is 42.4 Å². The maximum Gasteiger partial charge on any atom is 0.226 e. The van der Waals surface area contributed by atoms with E-state index in [1.54, 1.807) is 12.4 Å². The average Bonchev–Trinajstić information content (AvgIpc) is 2.81. The Morgan fingerprint density at radius 2 is 2.10 bits per heavy atom. The van der Waals surface area contributed by atoms with Crippen LogP contribution < -0.4 is 0 Å². The second kappa shape index (κ2) is 5.52. The second-order valence-corrected chi connectivity index (χ2v) is 6.22. The van der Waals surface area contributed by atoms with Gasteiger partial charge in [-0.2, -0.15) is 0 Å². The van der Waals surface area contributed by atoms with Crippen LogP contribution in [0.25, 0.3) is 0 Å². The van der Waals surface area contributed by atoms with Crippen LogP contribution in [-0.4, -0.2) is 41.1 Å². The van der Waals surface area contributed by atoms with Gasteiger partial charge in [0.2, 0.25) is 5.91 Å². The number of likely N-dealkylation sites (tertiary alicyclic amines) is 1. The van der Waals surface area contributed by atoms with Gasteiger partial charge in [0.05, 0.1) is 12.0 Å². The molecule has 20 heavy (non-hydrogen) atoms. The van der Waals surface area contributed by atoms with Crippen molar-refractivity contribution in [2.45, 2.75) is 38.2 Å². The molecule has 2 saturated heterocycles. The number of pyridine rings is 1. The van der Waals surface area contributed by atoms with Gasteiger partial charge in [-0.3, -0.25) is 9.78 Å². The summed E-state index contributed by atoms with van der Waals surface area (Å²) in [6.07, 6.45) is 7.08. The Labute approximate surface area is 120 Å². The first-order valence-corrected chi connectivity index (χ1v) is 7.48. The number of hydrogen-bond acceptors (Lipinski definition) is 3. The zero-order valence-corrected chi connectivity index (χ0v) is 12.0. The normalized spacial score (nSPS) is 25.1. The van der Waals surface area contributed by atoms with Crippen molar-refractivity contribution in [2.75, 3.05) is 19.7 Å². The molecule has 0 N–H and O–H groups in total. The van der Waals surface area contributed by atoms with Crippen molar-refractivity contribution in [3.05, 3.63) is 30.1 Å². The van der Waals surface area contributed by atoms with Crippen molar-refractivity contribution >= 4 is 5.91 Å². The third-order valence-electron chi connectivity index (χ3n) is 4.53. The number of aromatic nitrogens is 1. The molecule has 1 aromatic heterocycles. The zero-order chi connectivity index (χ0) is 14.0. The minimum atomic E-state index is 0.0624. The van der Waals surface area contributed by atoms with Crippen molar-refractivity contribution in [1.82, 2.24) is 9.88 Å². The first-order chi connectivity index (χ1) is 9.67. The van der Waals surface area contributed by atoms with Gasteiger partial charge >= 0.3 is 0 Å². The Hall–Kier alpha value is -1.42. The third kappa shape index (κ3) is 2.85. The van der Waals surface area contributed by atoms with E-state index in [4.69, 9.17) is 4.74 Å². The summed E-state index contributed by atoms with van der Waals surface area (Å²) in [6, 6.07) is 3.82. The Bertz CT molecular complexity index is 467. The van der Waals surface area contributed by atoms with Crippen molar-refractivity contribution in [3.63, 3.8) is 0 Å². The van der Waals surface area contributed by atoms with Gasteiger partial charge in [0.15, 0.2) is 0 Å². The molecule has 2 fully saturated rings. The smallest absolute Gasteiger partial charge is 0.226 e. The van der Waals surface area contributed by atoms with Gasteiger partial charge in [-0.15, -0.1) is 0 Å². The predicted octanol–water partition coefficient (Wildman–Crippen LogP) is 2.04. The fourth-order valence-electron chi connectivity index (χ4n) is 3.37.